The summed E-state index contributed by atoms with van der Waals surface area (Å²) < 4.78 is 24.0. The second-order valence-corrected chi connectivity index (χ2v) is 7.79. The number of hydrogen-bond acceptors (Lipinski definition) is 4. The molecule has 1 aromatic heterocycles. The molecule has 0 amide bonds. The van der Waals surface area contributed by atoms with Crippen molar-refractivity contribution in [3.63, 3.8) is 0 Å². The third kappa shape index (κ3) is 2.97. The highest BCUT2D eigenvalue weighted by atomic mass is 32.2. The molecule has 0 saturated carbocycles. The zero-order chi connectivity index (χ0) is 14.9. The third-order valence-electron chi connectivity index (χ3n) is 3.95. The van der Waals surface area contributed by atoms with E-state index >= 15 is 0 Å². The normalized spacial score (nSPS) is 21.2. The van der Waals surface area contributed by atoms with Crippen LogP contribution in [-0.4, -0.2) is 30.2 Å². The summed E-state index contributed by atoms with van der Waals surface area (Å²) in [7, 11) is -3.26. The molecule has 1 aliphatic rings. The Bertz CT molecular complexity index is 783. The number of ketones is 1. The first-order valence-corrected chi connectivity index (χ1v) is 8.87. The second-order valence-electron chi connectivity index (χ2n) is 5.49. The summed E-state index contributed by atoms with van der Waals surface area (Å²) in [5.41, 5.74) is 1.47. The van der Waals surface area contributed by atoms with Gasteiger partial charge >= 0.3 is 0 Å². The first kappa shape index (κ1) is 14.2. The van der Waals surface area contributed by atoms with E-state index in [4.69, 9.17) is 0 Å². The van der Waals surface area contributed by atoms with Crippen LogP contribution in [0.4, 0.5) is 0 Å². The Balaban J connectivity index is 1.82. The molecule has 3 rings (SSSR count). The van der Waals surface area contributed by atoms with Gasteiger partial charge in [-0.05, 0) is 25.0 Å². The largest absolute Gasteiger partial charge is 0.298 e. The van der Waals surface area contributed by atoms with E-state index in [9.17, 15) is 13.2 Å². The minimum atomic E-state index is -3.26. The van der Waals surface area contributed by atoms with Crippen molar-refractivity contribution >= 4 is 26.5 Å². The molecule has 1 aromatic carbocycles. The highest BCUT2D eigenvalue weighted by Gasteiger charge is 2.34. The van der Waals surface area contributed by atoms with Crippen LogP contribution in [0.3, 0.4) is 0 Å². The summed E-state index contributed by atoms with van der Waals surface area (Å²) in [6.45, 7) is 0. The van der Waals surface area contributed by atoms with Crippen LogP contribution in [0.5, 0.6) is 0 Å². The summed E-state index contributed by atoms with van der Waals surface area (Å²) in [6, 6.07) is 11.4. The van der Waals surface area contributed by atoms with E-state index in [1.54, 1.807) is 6.07 Å². The molecule has 4 nitrogen and oxygen atoms in total. The SMILES string of the molecule is O=C(Cc1ccc2ccccc2n1)C1CCCCS1(=O)=O. The molecule has 0 spiro atoms. The average molecular weight is 303 g/mol. The molecule has 0 N–H and O–H groups in total. The van der Waals surface area contributed by atoms with Gasteiger partial charge in [0, 0.05) is 11.1 Å². The molecule has 0 radical (unpaired) electrons. The molecular formula is C16H17NO3S. The predicted octanol–water partition coefficient (Wildman–Crippen LogP) is 2.31. The van der Waals surface area contributed by atoms with E-state index in [1.807, 2.05) is 30.3 Å². The number of fused-ring (bicyclic) bond motifs is 1. The van der Waals surface area contributed by atoms with Crippen molar-refractivity contribution < 1.29 is 13.2 Å². The molecule has 1 atom stereocenters. The third-order valence-corrected chi connectivity index (χ3v) is 6.17. The lowest BCUT2D eigenvalue weighted by Gasteiger charge is -2.20. The number of rotatable bonds is 3. The molecular weight excluding hydrogens is 286 g/mol. The van der Waals surface area contributed by atoms with Crippen molar-refractivity contribution in [2.45, 2.75) is 30.9 Å². The van der Waals surface area contributed by atoms with Crippen molar-refractivity contribution in [3.05, 3.63) is 42.1 Å². The minimum Gasteiger partial charge on any atom is -0.298 e. The summed E-state index contributed by atoms with van der Waals surface area (Å²) in [6.07, 6.45) is 2.02. The zero-order valence-electron chi connectivity index (χ0n) is 11.7. The average Bonchev–Trinajstić information content (AvgIpc) is 2.46. The van der Waals surface area contributed by atoms with Crippen molar-refractivity contribution in [3.8, 4) is 0 Å². The zero-order valence-corrected chi connectivity index (χ0v) is 12.5. The summed E-state index contributed by atoms with van der Waals surface area (Å²) >= 11 is 0. The first-order chi connectivity index (χ1) is 10.1. The van der Waals surface area contributed by atoms with Crippen molar-refractivity contribution in [2.75, 3.05) is 5.75 Å². The monoisotopic (exact) mass is 303 g/mol. The van der Waals surface area contributed by atoms with Crippen LogP contribution in [0.15, 0.2) is 36.4 Å². The maximum absolute atomic E-state index is 12.3. The Labute approximate surface area is 124 Å². The topological polar surface area (TPSA) is 64.1 Å². The van der Waals surface area contributed by atoms with Crippen molar-refractivity contribution in [2.24, 2.45) is 0 Å². The first-order valence-electron chi connectivity index (χ1n) is 7.15. The fraction of sp³-hybridized carbons (Fsp3) is 0.375. The van der Waals surface area contributed by atoms with Crippen LogP contribution >= 0.6 is 0 Å². The smallest absolute Gasteiger partial charge is 0.160 e. The summed E-state index contributed by atoms with van der Waals surface area (Å²) in [5, 5.41) is 0.179. The molecule has 1 saturated heterocycles. The van der Waals surface area contributed by atoms with Gasteiger partial charge in [0.1, 0.15) is 5.25 Å². The van der Waals surface area contributed by atoms with E-state index in [-0.39, 0.29) is 18.0 Å². The van der Waals surface area contributed by atoms with Gasteiger partial charge in [0.15, 0.2) is 15.6 Å². The molecule has 1 aliphatic heterocycles. The Hall–Kier alpha value is -1.75. The maximum atomic E-state index is 12.3. The number of sulfone groups is 1. The van der Waals surface area contributed by atoms with Gasteiger partial charge in [-0.15, -0.1) is 0 Å². The molecule has 5 heteroatoms. The van der Waals surface area contributed by atoms with E-state index < -0.39 is 15.1 Å². The molecule has 0 aliphatic carbocycles. The van der Waals surface area contributed by atoms with Crippen LogP contribution in [0, 0.1) is 0 Å². The summed E-state index contributed by atoms with van der Waals surface area (Å²) in [5.74, 6) is -0.0911. The number of Topliss-reactive ketones (excluding diaryl/α,β-unsaturated/α-hetero) is 1. The van der Waals surface area contributed by atoms with Gasteiger partial charge in [-0.1, -0.05) is 30.7 Å². The highest BCUT2D eigenvalue weighted by molar-refractivity contribution is 7.92. The van der Waals surface area contributed by atoms with Gasteiger partial charge in [0.05, 0.1) is 17.7 Å². The summed E-state index contributed by atoms with van der Waals surface area (Å²) in [4.78, 5) is 16.7. The highest BCUT2D eigenvalue weighted by Crippen LogP contribution is 2.22. The van der Waals surface area contributed by atoms with Crippen LogP contribution in [0.1, 0.15) is 25.0 Å². The second kappa shape index (κ2) is 5.56. The van der Waals surface area contributed by atoms with Crippen molar-refractivity contribution in [1.29, 1.82) is 0 Å². The quantitative estimate of drug-likeness (QED) is 0.873. The minimum absolute atomic E-state index is 0.0920. The Kier molecular flexibility index (Phi) is 3.76. The van der Waals surface area contributed by atoms with E-state index in [0.29, 0.717) is 18.5 Å². The molecule has 110 valence electrons. The predicted molar refractivity (Wildman–Crippen MR) is 81.9 cm³/mol. The number of carbonyl (C=O) groups excluding carboxylic acids is 1. The number of benzene rings is 1. The van der Waals surface area contributed by atoms with Gasteiger partial charge in [0.25, 0.3) is 0 Å². The lowest BCUT2D eigenvalue weighted by Crippen LogP contribution is -2.36. The van der Waals surface area contributed by atoms with Gasteiger partial charge < -0.3 is 0 Å². The van der Waals surface area contributed by atoms with E-state index in [2.05, 4.69) is 4.98 Å². The van der Waals surface area contributed by atoms with E-state index in [0.717, 1.165) is 17.3 Å². The number of pyridine rings is 1. The molecule has 2 aromatic rings. The fourth-order valence-electron chi connectivity index (χ4n) is 2.82. The number of hydrogen-bond donors (Lipinski definition) is 0. The molecule has 2 heterocycles. The molecule has 21 heavy (non-hydrogen) atoms. The lowest BCUT2D eigenvalue weighted by molar-refractivity contribution is -0.118. The van der Waals surface area contributed by atoms with Gasteiger partial charge in [-0.3, -0.25) is 9.78 Å². The maximum Gasteiger partial charge on any atom is 0.160 e. The van der Waals surface area contributed by atoms with Gasteiger partial charge in [0.2, 0.25) is 0 Å². The Morgan fingerprint density at radius 3 is 2.76 bits per heavy atom. The van der Waals surface area contributed by atoms with Crippen LogP contribution in [-0.2, 0) is 21.1 Å². The number of para-hydroxylation sites is 1. The molecule has 0 bridgehead atoms. The lowest BCUT2D eigenvalue weighted by atomic mass is 10.1. The number of aromatic nitrogens is 1. The standard InChI is InChI=1S/C16H17NO3S/c18-15(16-7-3-4-10-21(16,19)20)11-13-9-8-12-5-1-2-6-14(12)17-13/h1-2,5-6,8-9,16H,3-4,7,10-11H2. The number of nitrogens with zero attached hydrogens (tertiary/aromatic N) is 1. The van der Waals surface area contributed by atoms with Crippen LogP contribution in [0.25, 0.3) is 10.9 Å². The Morgan fingerprint density at radius 1 is 1.14 bits per heavy atom. The van der Waals surface area contributed by atoms with Gasteiger partial charge in [-0.25, -0.2) is 8.42 Å². The fourth-order valence-corrected chi connectivity index (χ4v) is 4.72. The number of carbonyl (C=O) groups is 1. The van der Waals surface area contributed by atoms with Crippen LogP contribution < -0.4 is 0 Å². The molecule has 1 fully saturated rings. The van der Waals surface area contributed by atoms with Crippen LogP contribution in [0.2, 0.25) is 0 Å². The molecule has 1 unspecified atom stereocenters. The van der Waals surface area contributed by atoms with E-state index in [1.165, 1.54) is 0 Å². The van der Waals surface area contributed by atoms with Crippen molar-refractivity contribution in [1.82, 2.24) is 4.98 Å². The van der Waals surface area contributed by atoms with Gasteiger partial charge in [-0.2, -0.15) is 0 Å². The Morgan fingerprint density at radius 2 is 1.95 bits per heavy atom.